The van der Waals surface area contributed by atoms with Gasteiger partial charge in [0.2, 0.25) is 0 Å². The van der Waals surface area contributed by atoms with Crippen LogP contribution >= 0.6 is 0 Å². The molecular formula is C18H33N3. The first-order valence-electron chi connectivity index (χ1n) is 8.80. The zero-order chi connectivity index (χ0) is 15.5. The number of hydrogen-bond acceptors (Lipinski definition) is 3. The van der Waals surface area contributed by atoms with E-state index in [-0.39, 0.29) is 5.54 Å². The van der Waals surface area contributed by atoms with E-state index in [0.717, 1.165) is 18.9 Å². The molecule has 0 amide bonds. The summed E-state index contributed by atoms with van der Waals surface area (Å²) in [6.45, 7) is 13.8. The fourth-order valence-electron chi connectivity index (χ4n) is 4.28. The molecular weight excluding hydrogens is 258 g/mol. The summed E-state index contributed by atoms with van der Waals surface area (Å²) in [5.74, 6) is 1.37. The number of nitriles is 1. The zero-order valence-electron chi connectivity index (χ0n) is 14.4. The van der Waals surface area contributed by atoms with Gasteiger partial charge in [-0.2, -0.15) is 5.26 Å². The second kappa shape index (κ2) is 6.67. The molecule has 0 aromatic rings. The molecule has 120 valence electrons. The van der Waals surface area contributed by atoms with Crippen molar-refractivity contribution in [2.24, 2.45) is 17.3 Å². The third kappa shape index (κ3) is 3.79. The van der Waals surface area contributed by atoms with Crippen LogP contribution in [-0.4, -0.2) is 36.6 Å². The average Bonchev–Trinajstić information content (AvgIpc) is 3.03. The molecule has 3 unspecified atom stereocenters. The molecule has 1 aliphatic carbocycles. The molecule has 0 radical (unpaired) electrons. The standard InChI is InChI=1S/C18H33N3/c1-5-20-18(14-19)10-6-7-15(18)8-11-21-12-9-16(13-21)17(2,3)4/h15-16,20H,5-13H2,1-4H3. The van der Waals surface area contributed by atoms with Crippen LogP contribution in [0.2, 0.25) is 0 Å². The highest BCUT2D eigenvalue weighted by molar-refractivity contribution is 5.14. The SMILES string of the molecule is CCNC1(C#N)CCCC1CCN1CCC(C(C)(C)C)C1. The van der Waals surface area contributed by atoms with Gasteiger partial charge < -0.3 is 4.90 Å². The van der Waals surface area contributed by atoms with Crippen LogP contribution in [0.3, 0.4) is 0 Å². The third-order valence-corrected chi connectivity index (χ3v) is 5.80. The van der Waals surface area contributed by atoms with Gasteiger partial charge in [0.1, 0.15) is 5.54 Å². The van der Waals surface area contributed by atoms with Crippen molar-refractivity contribution in [3.05, 3.63) is 0 Å². The van der Waals surface area contributed by atoms with Gasteiger partial charge in [0.15, 0.2) is 0 Å². The summed E-state index contributed by atoms with van der Waals surface area (Å²) >= 11 is 0. The predicted octanol–water partition coefficient (Wildman–Crippen LogP) is 3.42. The van der Waals surface area contributed by atoms with Crippen molar-refractivity contribution in [2.45, 2.75) is 65.3 Å². The van der Waals surface area contributed by atoms with Crippen molar-refractivity contribution < 1.29 is 0 Å². The first-order valence-corrected chi connectivity index (χ1v) is 8.80. The third-order valence-electron chi connectivity index (χ3n) is 5.80. The van der Waals surface area contributed by atoms with Crippen molar-refractivity contribution in [2.75, 3.05) is 26.2 Å². The Morgan fingerprint density at radius 1 is 1.33 bits per heavy atom. The lowest BCUT2D eigenvalue weighted by atomic mass is 9.80. The fourth-order valence-corrected chi connectivity index (χ4v) is 4.28. The molecule has 21 heavy (non-hydrogen) atoms. The van der Waals surface area contributed by atoms with Gasteiger partial charge in [0, 0.05) is 6.54 Å². The van der Waals surface area contributed by atoms with Gasteiger partial charge in [0.25, 0.3) is 0 Å². The van der Waals surface area contributed by atoms with E-state index >= 15 is 0 Å². The van der Waals surface area contributed by atoms with Gasteiger partial charge in [0.05, 0.1) is 6.07 Å². The van der Waals surface area contributed by atoms with E-state index in [0.29, 0.717) is 11.3 Å². The Kier molecular flexibility index (Phi) is 5.33. The highest BCUT2D eigenvalue weighted by atomic mass is 15.1. The molecule has 0 aromatic heterocycles. The number of nitrogens with one attached hydrogen (secondary N) is 1. The second-order valence-corrected chi connectivity index (χ2v) is 8.14. The van der Waals surface area contributed by atoms with E-state index in [1.807, 2.05) is 0 Å². The Hall–Kier alpha value is -0.590. The molecule has 1 aliphatic heterocycles. The minimum absolute atomic E-state index is 0.238. The van der Waals surface area contributed by atoms with Crippen LogP contribution in [0.5, 0.6) is 0 Å². The molecule has 2 rings (SSSR count). The summed E-state index contributed by atoms with van der Waals surface area (Å²) in [5, 5.41) is 13.1. The van der Waals surface area contributed by atoms with E-state index in [9.17, 15) is 5.26 Å². The number of nitrogens with zero attached hydrogens (tertiary/aromatic N) is 2. The molecule has 3 nitrogen and oxygen atoms in total. The molecule has 3 heteroatoms. The first kappa shape index (κ1) is 16.8. The van der Waals surface area contributed by atoms with E-state index in [2.05, 4.69) is 44.0 Å². The first-order chi connectivity index (χ1) is 9.91. The molecule has 0 aromatic carbocycles. The molecule has 3 atom stereocenters. The quantitative estimate of drug-likeness (QED) is 0.843. The van der Waals surface area contributed by atoms with E-state index in [1.165, 1.54) is 45.3 Å². The lowest BCUT2D eigenvalue weighted by molar-refractivity contribution is 0.212. The zero-order valence-corrected chi connectivity index (χ0v) is 14.4. The molecule has 1 N–H and O–H groups in total. The van der Waals surface area contributed by atoms with Gasteiger partial charge in [-0.25, -0.2) is 0 Å². The maximum Gasteiger partial charge on any atom is 0.109 e. The van der Waals surface area contributed by atoms with E-state index in [4.69, 9.17) is 0 Å². The highest BCUT2D eigenvalue weighted by Gasteiger charge is 2.42. The number of likely N-dealkylation sites (tertiary alicyclic amines) is 1. The second-order valence-electron chi connectivity index (χ2n) is 8.14. The smallest absolute Gasteiger partial charge is 0.109 e. The minimum Gasteiger partial charge on any atom is -0.303 e. The van der Waals surface area contributed by atoms with E-state index < -0.39 is 0 Å². The lowest BCUT2D eigenvalue weighted by Gasteiger charge is -2.31. The number of hydrogen-bond donors (Lipinski definition) is 1. The predicted molar refractivity (Wildman–Crippen MR) is 88.0 cm³/mol. The highest BCUT2D eigenvalue weighted by Crippen LogP contribution is 2.39. The summed E-state index contributed by atoms with van der Waals surface area (Å²) in [7, 11) is 0. The Balaban J connectivity index is 1.85. The van der Waals surface area contributed by atoms with Gasteiger partial charge in [-0.1, -0.05) is 34.1 Å². The van der Waals surface area contributed by atoms with Crippen LogP contribution in [0.25, 0.3) is 0 Å². The largest absolute Gasteiger partial charge is 0.303 e. The van der Waals surface area contributed by atoms with Gasteiger partial charge in [-0.15, -0.1) is 0 Å². The van der Waals surface area contributed by atoms with Crippen molar-refractivity contribution in [3.8, 4) is 6.07 Å². The van der Waals surface area contributed by atoms with Crippen LogP contribution in [0.1, 0.15) is 59.8 Å². The minimum atomic E-state index is -0.238. The van der Waals surface area contributed by atoms with Crippen LogP contribution in [0, 0.1) is 28.6 Å². The maximum absolute atomic E-state index is 9.63. The normalized spacial score (nSPS) is 34.2. The Bertz CT molecular complexity index is 379. The van der Waals surface area contributed by atoms with Gasteiger partial charge in [-0.3, -0.25) is 5.32 Å². The number of rotatable bonds is 5. The molecule has 1 saturated heterocycles. The van der Waals surface area contributed by atoms with Crippen LogP contribution in [-0.2, 0) is 0 Å². The summed E-state index contributed by atoms with van der Waals surface area (Å²) in [5.41, 5.74) is 0.195. The fraction of sp³-hybridized carbons (Fsp3) is 0.944. The van der Waals surface area contributed by atoms with Crippen molar-refractivity contribution in [3.63, 3.8) is 0 Å². The topological polar surface area (TPSA) is 39.1 Å². The van der Waals surface area contributed by atoms with Gasteiger partial charge in [-0.05, 0) is 62.6 Å². The molecule has 1 heterocycles. The van der Waals surface area contributed by atoms with Gasteiger partial charge >= 0.3 is 0 Å². The van der Waals surface area contributed by atoms with Crippen molar-refractivity contribution >= 4 is 0 Å². The molecule has 2 fully saturated rings. The Morgan fingerprint density at radius 3 is 2.67 bits per heavy atom. The molecule has 2 aliphatic rings. The van der Waals surface area contributed by atoms with Crippen LogP contribution < -0.4 is 5.32 Å². The summed E-state index contributed by atoms with van der Waals surface area (Å²) in [4.78, 5) is 2.63. The van der Waals surface area contributed by atoms with E-state index in [1.54, 1.807) is 0 Å². The summed E-state index contributed by atoms with van der Waals surface area (Å²) in [6, 6.07) is 2.61. The average molecular weight is 291 g/mol. The van der Waals surface area contributed by atoms with Crippen molar-refractivity contribution in [1.29, 1.82) is 5.26 Å². The van der Waals surface area contributed by atoms with Crippen LogP contribution in [0.15, 0.2) is 0 Å². The molecule has 1 saturated carbocycles. The monoisotopic (exact) mass is 291 g/mol. The summed E-state index contributed by atoms with van der Waals surface area (Å²) in [6.07, 6.45) is 5.97. The summed E-state index contributed by atoms with van der Waals surface area (Å²) < 4.78 is 0. The Labute approximate surface area is 131 Å². The van der Waals surface area contributed by atoms with Crippen molar-refractivity contribution in [1.82, 2.24) is 10.2 Å². The lowest BCUT2D eigenvalue weighted by Crippen LogP contribution is -2.47. The maximum atomic E-state index is 9.63. The van der Waals surface area contributed by atoms with Crippen LogP contribution in [0.4, 0.5) is 0 Å². The molecule has 0 spiro atoms. The Morgan fingerprint density at radius 2 is 2.10 bits per heavy atom. The molecule has 0 bridgehead atoms.